The molecule has 1 aliphatic heterocycles. The summed E-state index contributed by atoms with van der Waals surface area (Å²) < 4.78 is 23.0. The number of hydrogen-bond acceptors (Lipinski definition) is 4. The molecule has 5 heteroatoms. The topological polar surface area (TPSA) is 72.2 Å². The predicted octanol–water partition coefficient (Wildman–Crippen LogP) is 0.804. The van der Waals surface area contributed by atoms with Crippen molar-refractivity contribution in [3.63, 3.8) is 0 Å². The smallest absolute Gasteiger partial charge is 0.150 e. The number of nitrogens with two attached hydrogens (primary N) is 1. The molecule has 0 radical (unpaired) electrons. The van der Waals surface area contributed by atoms with Crippen molar-refractivity contribution in [2.75, 3.05) is 11.5 Å². The fraction of sp³-hybridized carbons (Fsp3) is 0.538. The number of aryl methyl sites for hydroxylation is 1. The van der Waals surface area contributed by atoms with E-state index in [0.29, 0.717) is 12.2 Å². The Kier molecular flexibility index (Phi) is 4.04. The second-order valence-electron chi connectivity index (χ2n) is 5.13. The highest BCUT2D eigenvalue weighted by molar-refractivity contribution is 7.91. The Hall–Kier alpha value is -0.910. The van der Waals surface area contributed by atoms with E-state index in [4.69, 9.17) is 5.84 Å². The first-order valence-corrected chi connectivity index (χ1v) is 8.04. The molecule has 1 aromatic rings. The van der Waals surface area contributed by atoms with Gasteiger partial charge in [0.1, 0.15) is 0 Å². The molecule has 100 valence electrons. The Labute approximate surface area is 108 Å². The molecule has 2 unspecified atom stereocenters. The molecule has 0 spiro atoms. The van der Waals surface area contributed by atoms with Crippen molar-refractivity contribution < 1.29 is 8.42 Å². The zero-order valence-corrected chi connectivity index (χ0v) is 11.4. The van der Waals surface area contributed by atoms with Gasteiger partial charge in [0.05, 0.1) is 11.5 Å². The van der Waals surface area contributed by atoms with E-state index in [1.807, 2.05) is 6.07 Å². The van der Waals surface area contributed by atoms with Crippen LogP contribution in [0.2, 0.25) is 0 Å². The van der Waals surface area contributed by atoms with Gasteiger partial charge in [-0.15, -0.1) is 0 Å². The van der Waals surface area contributed by atoms with Crippen LogP contribution in [-0.2, 0) is 16.3 Å². The summed E-state index contributed by atoms with van der Waals surface area (Å²) in [7, 11) is -2.85. The molecule has 18 heavy (non-hydrogen) atoms. The number of benzene rings is 1. The second kappa shape index (κ2) is 5.38. The maximum atomic E-state index is 11.5. The summed E-state index contributed by atoms with van der Waals surface area (Å²) in [4.78, 5) is 0. The lowest BCUT2D eigenvalue weighted by Crippen LogP contribution is -2.43. The van der Waals surface area contributed by atoms with Crippen LogP contribution in [0.5, 0.6) is 0 Å². The molecule has 2 atom stereocenters. The van der Waals surface area contributed by atoms with E-state index in [9.17, 15) is 8.42 Å². The van der Waals surface area contributed by atoms with Gasteiger partial charge in [-0.25, -0.2) is 8.42 Å². The Morgan fingerprint density at radius 2 is 2.28 bits per heavy atom. The lowest BCUT2D eigenvalue weighted by atomic mass is 9.93. The van der Waals surface area contributed by atoms with Crippen molar-refractivity contribution >= 4 is 9.84 Å². The van der Waals surface area contributed by atoms with E-state index in [-0.39, 0.29) is 17.7 Å². The van der Waals surface area contributed by atoms with Crippen LogP contribution in [0.4, 0.5) is 0 Å². The summed E-state index contributed by atoms with van der Waals surface area (Å²) in [5, 5.41) is 0. The summed E-state index contributed by atoms with van der Waals surface area (Å²) in [6.45, 7) is 2.05. The Balaban J connectivity index is 2.06. The maximum absolute atomic E-state index is 11.5. The SMILES string of the molecule is Cc1cccc(CC(NN)C2CCS(=O)(=O)C2)c1. The molecule has 1 aromatic carbocycles. The van der Waals surface area contributed by atoms with E-state index >= 15 is 0 Å². The van der Waals surface area contributed by atoms with Crippen molar-refractivity contribution in [1.29, 1.82) is 0 Å². The highest BCUT2D eigenvalue weighted by atomic mass is 32.2. The predicted molar refractivity (Wildman–Crippen MR) is 72.8 cm³/mol. The van der Waals surface area contributed by atoms with Crippen LogP contribution in [0.15, 0.2) is 24.3 Å². The molecular weight excluding hydrogens is 248 g/mol. The minimum Gasteiger partial charge on any atom is -0.271 e. The molecule has 3 N–H and O–H groups in total. The minimum absolute atomic E-state index is 0.0316. The molecular formula is C13H20N2O2S. The summed E-state index contributed by atoms with van der Waals surface area (Å²) in [5.74, 6) is 6.26. The van der Waals surface area contributed by atoms with Gasteiger partial charge >= 0.3 is 0 Å². The third kappa shape index (κ3) is 3.31. The minimum atomic E-state index is -2.85. The first-order valence-electron chi connectivity index (χ1n) is 6.22. The Morgan fingerprint density at radius 1 is 1.50 bits per heavy atom. The molecule has 1 fully saturated rings. The lowest BCUT2D eigenvalue weighted by Gasteiger charge is -2.21. The highest BCUT2D eigenvalue weighted by Gasteiger charge is 2.33. The lowest BCUT2D eigenvalue weighted by molar-refractivity contribution is 0.385. The molecule has 2 rings (SSSR count). The van der Waals surface area contributed by atoms with Gasteiger partial charge in [0.2, 0.25) is 0 Å². The maximum Gasteiger partial charge on any atom is 0.150 e. The third-order valence-electron chi connectivity index (χ3n) is 3.59. The van der Waals surface area contributed by atoms with Gasteiger partial charge in [0.25, 0.3) is 0 Å². The number of hydrazine groups is 1. The normalized spacial score (nSPS) is 24.0. The van der Waals surface area contributed by atoms with E-state index in [0.717, 1.165) is 6.42 Å². The molecule has 1 aliphatic rings. The standard InChI is InChI=1S/C13H20N2O2S/c1-10-3-2-4-11(7-10)8-13(15-14)12-5-6-18(16,17)9-12/h2-4,7,12-13,15H,5-6,8-9,14H2,1H3. The van der Waals surface area contributed by atoms with Gasteiger partial charge < -0.3 is 0 Å². The molecule has 0 amide bonds. The fourth-order valence-electron chi connectivity index (χ4n) is 2.60. The zero-order valence-electron chi connectivity index (χ0n) is 10.6. The van der Waals surface area contributed by atoms with Gasteiger partial charge in [-0.2, -0.15) is 0 Å². The molecule has 4 nitrogen and oxygen atoms in total. The van der Waals surface area contributed by atoms with Crippen molar-refractivity contribution in [3.05, 3.63) is 35.4 Å². The molecule has 0 aliphatic carbocycles. The van der Waals surface area contributed by atoms with Gasteiger partial charge in [0.15, 0.2) is 9.84 Å². The quantitative estimate of drug-likeness (QED) is 0.626. The first-order chi connectivity index (χ1) is 8.50. The van der Waals surface area contributed by atoms with Crippen LogP contribution >= 0.6 is 0 Å². The van der Waals surface area contributed by atoms with E-state index in [1.54, 1.807) is 0 Å². The monoisotopic (exact) mass is 268 g/mol. The van der Waals surface area contributed by atoms with Crippen LogP contribution in [0.1, 0.15) is 17.5 Å². The molecule has 0 saturated carbocycles. The Morgan fingerprint density at radius 3 is 2.83 bits per heavy atom. The van der Waals surface area contributed by atoms with E-state index in [2.05, 4.69) is 30.5 Å². The zero-order chi connectivity index (χ0) is 13.2. The average Bonchev–Trinajstić information content (AvgIpc) is 2.66. The van der Waals surface area contributed by atoms with Crippen LogP contribution in [0.3, 0.4) is 0 Å². The van der Waals surface area contributed by atoms with Crippen LogP contribution in [0.25, 0.3) is 0 Å². The summed E-state index contributed by atoms with van der Waals surface area (Å²) in [5.41, 5.74) is 5.19. The molecule has 1 heterocycles. The third-order valence-corrected chi connectivity index (χ3v) is 5.38. The second-order valence-corrected chi connectivity index (χ2v) is 7.36. The molecule has 1 saturated heterocycles. The molecule has 0 aromatic heterocycles. The van der Waals surface area contributed by atoms with Crippen LogP contribution in [-0.4, -0.2) is 26.0 Å². The van der Waals surface area contributed by atoms with Gasteiger partial charge in [-0.1, -0.05) is 29.8 Å². The first kappa shape index (κ1) is 13.5. The number of nitrogens with one attached hydrogen (secondary N) is 1. The fourth-order valence-corrected chi connectivity index (χ4v) is 4.48. The number of rotatable bonds is 4. The van der Waals surface area contributed by atoms with Crippen LogP contribution < -0.4 is 11.3 Å². The van der Waals surface area contributed by atoms with Crippen molar-refractivity contribution in [3.8, 4) is 0 Å². The number of sulfone groups is 1. The number of hydrogen-bond donors (Lipinski definition) is 2. The van der Waals surface area contributed by atoms with Gasteiger partial charge in [-0.3, -0.25) is 11.3 Å². The van der Waals surface area contributed by atoms with E-state index < -0.39 is 9.84 Å². The summed E-state index contributed by atoms with van der Waals surface area (Å²) >= 11 is 0. The van der Waals surface area contributed by atoms with Crippen molar-refractivity contribution in [2.45, 2.75) is 25.8 Å². The van der Waals surface area contributed by atoms with E-state index in [1.165, 1.54) is 11.1 Å². The molecule has 0 bridgehead atoms. The van der Waals surface area contributed by atoms with Gasteiger partial charge in [0, 0.05) is 6.04 Å². The summed E-state index contributed by atoms with van der Waals surface area (Å²) in [6, 6.07) is 8.27. The highest BCUT2D eigenvalue weighted by Crippen LogP contribution is 2.23. The summed E-state index contributed by atoms with van der Waals surface area (Å²) in [6.07, 6.45) is 1.49. The van der Waals surface area contributed by atoms with Crippen molar-refractivity contribution in [2.24, 2.45) is 11.8 Å². The van der Waals surface area contributed by atoms with Crippen molar-refractivity contribution in [1.82, 2.24) is 5.43 Å². The largest absolute Gasteiger partial charge is 0.271 e. The van der Waals surface area contributed by atoms with Crippen LogP contribution in [0, 0.1) is 12.8 Å². The average molecular weight is 268 g/mol. The Bertz CT molecular complexity index is 513. The van der Waals surface area contributed by atoms with Gasteiger partial charge in [-0.05, 0) is 31.2 Å².